The van der Waals surface area contributed by atoms with Crippen LogP contribution in [0.2, 0.25) is 0 Å². The van der Waals surface area contributed by atoms with Crippen LogP contribution in [-0.2, 0) is 38.1 Å². The number of hydrogen-bond acceptors (Lipinski definition) is 8. The number of ether oxygens (including phenoxy) is 4. The van der Waals surface area contributed by atoms with Crippen molar-refractivity contribution in [2.45, 2.75) is 119 Å². The molecule has 0 aromatic heterocycles. The van der Waals surface area contributed by atoms with E-state index in [0.717, 1.165) is 77.0 Å². The van der Waals surface area contributed by atoms with E-state index in [4.69, 9.17) is 18.9 Å². The molecule has 4 atom stereocenters. The maximum atomic E-state index is 14.2. The van der Waals surface area contributed by atoms with Gasteiger partial charge in [0.25, 0.3) is 0 Å². The van der Waals surface area contributed by atoms with E-state index in [1.165, 1.54) is 0 Å². The Morgan fingerprint density at radius 3 is 1.11 bits per heavy atom. The predicted octanol–water partition coefficient (Wildman–Crippen LogP) is 7.29. The Kier molecular flexibility index (Phi) is 8.15. The van der Waals surface area contributed by atoms with Crippen LogP contribution in [0.4, 0.5) is 0 Å². The zero-order valence-electron chi connectivity index (χ0n) is 29.6. The third-order valence-electron chi connectivity index (χ3n) is 12.9. The summed E-state index contributed by atoms with van der Waals surface area (Å²) in [6, 6.07) is 0. The molecule has 8 aliphatic carbocycles. The van der Waals surface area contributed by atoms with Crippen molar-refractivity contribution in [3.05, 3.63) is 24.3 Å². The Bertz CT molecular complexity index is 1250. The summed E-state index contributed by atoms with van der Waals surface area (Å²) < 4.78 is 23.8. The average molecular weight is 653 g/mol. The van der Waals surface area contributed by atoms with E-state index in [1.807, 2.05) is 0 Å². The van der Waals surface area contributed by atoms with Gasteiger partial charge in [-0.3, -0.25) is 9.59 Å². The Morgan fingerprint density at radius 1 is 0.532 bits per heavy atom. The summed E-state index contributed by atoms with van der Waals surface area (Å²) >= 11 is 0. The zero-order valence-corrected chi connectivity index (χ0v) is 29.6. The molecule has 0 spiro atoms. The van der Waals surface area contributed by atoms with E-state index in [-0.39, 0.29) is 71.2 Å². The van der Waals surface area contributed by atoms with Crippen LogP contribution < -0.4 is 0 Å². The summed E-state index contributed by atoms with van der Waals surface area (Å²) in [5, 5.41) is 0. The topological polar surface area (TPSA) is 105 Å². The lowest BCUT2D eigenvalue weighted by molar-refractivity contribution is -0.204. The van der Waals surface area contributed by atoms with Gasteiger partial charge in [0.05, 0.1) is 10.8 Å². The van der Waals surface area contributed by atoms with Crippen LogP contribution in [0, 0.1) is 49.7 Å². The van der Waals surface area contributed by atoms with Gasteiger partial charge in [-0.1, -0.05) is 40.9 Å². The molecule has 47 heavy (non-hydrogen) atoms. The second kappa shape index (κ2) is 11.2. The molecule has 0 aromatic carbocycles. The second-order valence-electron chi connectivity index (χ2n) is 19.2. The number of hydrogen-bond donors (Lipinski definition) is 0. The largest absolute Gasteiger partial charge is 0.464 e. The van der Waals surface area contributed by atoms with E-state index in [1.54, 1.807) is 13.8 Å². The molecule has 260 valence electrons. The molecule has 8 aliphatic rings. The summed E-state index contributed by atoms with van der Waals surface area (Å²) in [6.45, 7) is 18.7. The Hall–Kier alpha value is -2.64. The van der Waals surface area contributed by atoms with Gasteiger partial charge >= 0.3 is 23.9 Å². The first-order valence-corrected chi connectivity index (χ1v) is 17.7. The minimum Gasteiger partial charge on any atom is -0.464 e. The van der Waals surface area contributed by atoms with Crippen molar-refractivity contribution in [1.82, 2.24) is 0 Å². The number of esters is 4. The van der Waals surface area contributed by atoms with E-state index >= 15 is 0 Å². The normalized spacial score (nSPS) is 40.9. The van der Waals surface area contributed by atoms with Crippen molar-refractivity contribution >= 4 is 23.9 Å². The molecule has 0 amide bonds. The second-order valence-corrected chi connectivity index (χ2v) is 19.2. The lowest BCUT2D eigenvalue weighted by atomic mass is 9.40. The van der Waals surface area contributed by atoms with Crippen LogP contribution in [0.25, 0.3) is 0 Å². The van der Waals surface area contributed by atoms with E-state index in [9.17, 15) is 19.2 Å². The molecular formula is C39H56O8. The van der Waals surface area contributed by atoms with Crippen LogP contribution in [0.3, 0.4) is 0 Å². The van der Waals surface area contributed by atoms with Gasteiger partial charge in [-0.2, -0.15) is 0 Å². The Balaban J connectivity index is 1.25. The van der Waals surface area contributed by atoms with Gasteiger partial charge in [0, 0.05) is 11.1 Å². The monoisotopic (exact) mass is 652 g/mol. The molecule has 4 unspecified atom stereocenters. The fraction of sp³-hybridized carbons (Fsp3) is 0.795. The van der Waals surface area contributed by atoms with E-state index in [0.29, 0.717) is 11.8 Å². The van der Waals surface area contributed by atoms with Crippen molar-refractivity contribution in [3.8, 4) is 0 Å². The molecule has 8 saturated carbocycles. The van der Waals surface area contributed by atoms with Crippen molar-refractivity contribution in [3.63, 3.8) is 0 Å². The molecule has 0 saturated heterocycles. The summed E-state index contributed by atoms with van der Waals surface area (Å²) in [7, 11) is 0. The number of carbonyl (C=O) groups excluding carboxylic acids is 4. The SMILES string of the molecule is C=C(C)C(=O)OCC(COC(=O)C(=C)C)(COC(=O)C12CC3CC(C)(CC(C)(C3)C1)C2)COC(=O)C12CC3CC(C)(CC(C)(C3)C1)C2. The van der Waals surface area contributed by atoms with Gasteiger partial charge in [0.15, 0.2) is 0 Å². The lowest BCUT2D eigenvalue weighted by Gasteiger charge is -2.64. The molecule has 0 aromatic rings. The van der Waals surface area contributed by atoms with Gasteiger partial charge in [-0.05, 0) is 124 Å². The molecule has 8 bridgehead atoms. The molecule has 0 heterocycles. The van der Waals surface area contributed by atoms with Crippen LogP contribution in [-0.4, -0.2) is 50.3 Å². The minimum absolute atomic E-state index is 0.110. The Morgan fingerprint density at radius 2 is 0.830 bits per heavy atom. The number of carbonyl (C=O) groups is 4. The van der Waals surface area contributed by atoms with Gasteiger partial charge in [0.1, 0.15) is 31.8 Å². The van der Waals surface area contributed by atoms with Gasteiger partial charge in [0.2, 0.25) is 0 Å². The smallest absolute Gasteiger partial charge is 0.333 e. The van der Waals surface area contributed by atoms with E-state index in [2.05, 4.69) is 40.9 Å². The standard InChI is InChI=1S/C39H56O8/c1-25(2)29(40)44-21-37(22-45-30(41)26(3)4,23-46-31(42)38-13-27-9-33(5,17-38)15-34(6,10-27)18-38)24-47-32(43)39-14-28-11-35(7,19-39)16-36(8,12-28)20-39/h27-28H,1,3,9-24H2,2,4-8H3. The van der Waals surface area contributed by atoms with Gasteiger partial charge in [-0.15, -0.1) is 0 Å². The third kappa shape index (κ3) is 6.44. The highest BCUT2D eigenvalue weighted by atomic mass is 16.6. The first kappa shape index (κ1) is 34.2. The molecule has 8 rings (SSSR count). The van der Waals surface area contributed by atoms with Crippen molar-refractivity contribution in [2.24, 2.45) is 49.7 Å². The Labute approximate surface area is 280 Å². The first-order chi connectivity index (χ1) is 21.7. The van der Waals surface area contributed by atoms with Gasteiger partial charge < -0.3 is 18.9 Å². The highest BCUT2D eigenvalue weighted by molar-refractivity contribution is 5.87. The third-order valence-corrected chi connectivity index (χ3v) is 12.9. The average Bonchev–Trinajstić information content (AvgIpc) is 2.91. The quantitative estimate of drug-likeness (QED) is 0.123. The molecule has 8 fully saturated rings. The zero-order chi connectivity index (χ0) is 34.3. The highest BCUT2D eigenvalue weighted by Crippen LogP contribution is 2.71. The van der Waals surface area contributed by atoms with E-state index < -0.39 is 28.2 Å². The lowest BCUT2D eigenvalue weighted by Crippen LogP contribution is -2.59. The number of rotatable bonds is 12. The molecule has 0 N–H and O–H groups in total. The van der Waals surface area contributed by atoms with Crippen molar-refractivity contribution < 1.29 is 38.1 Å². The molecular weight excluding hydrogens is 596 g/mol. The molecule has 8 heteroatoms. The fourth-order valence-corrected chi connectivity index (χ4v) is 13.0. The summed E-state index contributed by atoms with van der Waals surface area (Å²) in [6.07, 6.45) is 11.6. The predicted molar refractivity (Wildman–Crippen MR) is 176 cm³/mol. The first-order valence-electron chi connectivity index (χ1n) is 17.7. The maximum Gasteiger partial charge on any atom is 0.333 e. The van der Waals surface area contributed by atoms with Gasteiger partial charge in [-0.25, -0.2) is 9.59 Å². The molecule has 0 radical (unpaired) electrons. The summed E-state index contributed by atoms with van der Waals surface area (Å²) in [5.74, 6) is -0.763. The molecule has 8 nitrogen and oxygen atoms in total. The fourth-order valence-electron chi connectivity index (χ4n) is 13.0. The summed E-state index contributed by atoms with van der Waals surface area (Å²) in [5.41, 5.74) is -1.60. The van der Waals surface area contributed by atoms with Crippen LogP contribution in [0.5, 0.6) is 0 Å². The minimum atomic E-state index is -1.31. The molecule has 0 aliphatic heterocycles. The maximum absolute atomic E-state index is 14.2. The highest BCUT2D eigenvalue weighted by Gasteiger charge is 2.65. The summed E-state index contributed by atoms with van der Waals surface area (Å²) in [4.78, 5) is 53.7. The van der Waals surface area contributed by atoms with Crippen LogP contribution in [0.1, 0.15) is 119 Å². The van der Waals surface area contributed by atoms with Crippen molar-refractivity contribution in [2.75, 3.05) is 26.4 Å². The van der Waals surface area contributed by atoms with Crippen LogP contribution >= 0.6 is 0 Å². The van der Waals surface area contributed by atoms with Crippen LogP contribution in [0.15, 0.2) is 24.3 Å². The van der Waals surface area contributed by atoms with Crippen molar-refractivity contribution in [1.29, 1.82) is 0 Å².